The Balaban J connectivity index is 0. The summed E-state index contributed by atoms with van der Waals surface area (Å²) in [5, 5.41) is 0. The maximum Gasteiger partial charge on any atom is 0.116 e. The molecule has 0 aliphatic rings. The second kappa shape index (κ2) is 25.4. The first-order valence-corrected chi connectivity index (χ1v) is 0.558. The van der Waals surface area contributed by atoms with Gasteiger partial charge in [-0.25, -0.2) is 4.79 Å². The van der Waals surface area contributed by atoms with Crippen molar-refractivity contribution in [3.05, 3.63) is 6.58 Å². The van der Waals surface area contributed by atoms with Crippen molar-refractivity contribution >= 4 is 5.94 Å². The van der Waals surface area contributed by atoms with E-state index in [0.717, 1.165) is 0 Å². The van der Waals surface area contributed by atoms with Crippen LogP contribution < -0.4 is 0 Å². The maximum absolute atomic E-state index is 8.57. The first-order valence-electron chi connectivity index (χ1n) is 0.558. The molecule has 0 atom stereocenters. The molecule has 0 bridgehead atoms. The quantitative estimate of drug-likeness (QED) is 0.371. The molecule has 0 rings (SSSR count). The smallest absolute Gasteiger partial charge is 0.116 e. The monoisotopic (exact) mass is 55.1 g/mol. The molecule has 0 aromatic carbocycles. The summed E-state index contributed by atoms with van der Waals surface area (Å²) in [5.41, 5.74) is 0. The van der Waals surface area contributed by atoms with Gasteiger partial charge in [-0.2, -0.15) is 0 Å². The highest BCUT2D eigenvalue weighted by molar-refractivity contribution is 5.38. The van der Waals surface area contributed by atoms with Crippen molar-refractivity contribution in [1.29, 1.82) is 0 Å². The Morgan fingerprint density at radius 2 is 1.75 bits per heavy atom. The second-order valence-electron chi connectivity index (χ2n) is 0.144. The van der Waals surface area contributed by atoms with Gasteiger partial charge in [-0.1, -0.05) is 7.43 Å². The van der Waals surface area contributed by atoms with Crippen molar-refractivity contribution < 1.29 is 4.79 Å². The van der Waals surface area contributed by atoms with E-state index < -0.39 is 0 Å². The second-order valence-corrected chi connectivity index (χ2v) is 0.144. The molecule has 0 heterocycles. The SMILES string of the molecule is C=C=O.[9CH4]. The standard InChI is InChI=1S/C2H2O.CH4/c1-2-3;/h1H2;1H4/i;1-3. The van der Waals surface area contributed by atoms with Gasteiger partial charge in [-0.3, -0.25) is 0 Å². The first kappa shape index (κ1) is 9.85. The van der Waals surface area contributed by atoms with Gasteiger partial charge in [0.05, 0.1) is 0 Å². The minimum Gasteiger partial charge on any atom is -0.234 e. The van der Waals surface area contributed by atoms with Crippen LogP contribution >= 0.6 is 0 Å². The van der Waals surface area contributed by atoms with Gasteiger partial charge >= 0.3 is 0 Å². The number of carbonyl (C=O) groups excluding carboxylic acids is 1. The minimum absolute atomic E-state index is 0. The third-order valence-electron chi connectivity index (χ3n) is 0. The molecular weight excluding hydrogens is 49.1 g/mol. The fourth-order valence-corrected chi connectivity index (χ4v) is 0. The van der Waals surface area contributed by atoms with Gasteiger partial charge in [0.25, 0.3) is 0 Å². The Labute approximate surface area is 25.9 Å². The van der Waals surface area contributed by atoms with Gasteiger partial charge < -0.3 is 0 Å². The van der Waals surface area contributed by atoms with Crippen LogP contribution in [0.2, 0.25) is 0 Å². The van der Waals surface area contributed by atoms with Crippen molar-refractivity contribution in [3.8, 4) is 0 Å². The van der Waals surface area contributed by atoms with Crippen LogP contribution in [0.5, 0.6) is 0 Å². The van der Waals surface area contributed by atoms with Gasteiger partial charge in [-0.15, -0.1) is 0 Å². The van der Waals surface area contributed by atoms with Gasteiger partial charge in [0.1, 0.15) is 5.94 Å². The molecule has 0 saturated carbocycles. The highest BCUT2D eigenvalue weighted by Gasteiger charge is 1.01. The largest absolute Gasteiger partial charge is 0.234 e. The van der Waals surface area contributed by atoms with Crippen molar-refractivity contribution in [3.63, 3.8) is 0 Å². The zero-order valence-electron chi connectivity index (χ0n) is 1.62. The summed E-state index contributed by atoms with van der Waals surface area (Å²) in [7, 11) is 0. The lowest BCUT2D eigenvalue weighted by Gasteiger charge is -1.02. The van der Waals surface area contributed by atoms with E-state index in [1.807, 2.05) is 0 Å². The lowest BCUT2D eigenvalue weighted by Crippen LogP contribution is -1.15. The predicted octanol–water partition coefficient (Wildman–Crippen LogP) is 0.640. The summed E-state index contributed by atoms with van der Waals surface area (Å²) in [4.78, 5) is 8.57. The fraction of sp³-hybridized carbons (Fsp3) is 0.333. The third kappa shape index (κ3) is 0.971. The van der Waals surface area contributed by atoms with E-state index in [4.69, 9.17) is 4.79 Å². The molecule has 0 aromatic heterocycles. The molecule has 0 unspecified atom stereocenters. The topological polar surface area (TPSA) is 17.1 Å². The van der Waals surface area contributed by atoms with Crippen LogP contribution in [0.25, 0.3) is 0 Å². The Bertz CT molecular complexity index is 24.3. The first-order chi connectivity index (χ1) is 1.41. The summed E-state index contributed by atoms with van der Waals surface area (Å²) >= 11 is 0. The van der Waals surface area contributed by atoms with Crippen molar-refractivity contribution in [2.45, 2.75) is 7.43 Å². The van der Waals surface area contributed by atoms with Gasteiger partial charge in [-0.05, 0) is 6.58 Å². The third-order valence-corrected chi connectivity index (χ3v) is 0. The van der Waals surface area contributed by atoms with E-state index in [-0.39, 0.29) is 7.43 Å². The molecule has 24 valence electrons. The van der Waals surface area contributed by atoms with E-state index in [0.29, 0.717) is 0 Å². The maximum atomic E-state index is 8.57. The van der Waals surface area contributed by atoms with Crippen LogP contribution in [-0.4, -0.2) is 5.94 Å². The van der Waals surface area contributed by atoms with E-state index >= 15 is 0 Å². The summed E-state index contributed by atoms with van der Waals surface area (Å²) < 4.78 is 0. The normalized spacial score (nSPS) is 2.00. The summed E-state index contributed by atoms with van der Waals surface area (Å²) in [6, 6.07) is 0. The average Bonchev–Trinajstić information content (AvgIpc) is 0.918. The van der Waals surface area contributed by atoms with Crippen LogP contribution in [0.3, 0.4) is 0 Å². The Morgan fingerprint density at radius 1 is 1.75 bits per heavy atom. The minimum atomic E-state index is 0. The molecule has 0 saturated heterocycles. The van der Waals surface area contributed by atoms with Crippen LogP contribution in [0.4, 0.5) is 0 Å². The molecule has 1 nitrogen and oxygen atoms in total. The average molecular weight is 55.1 g/mol. The highest BCUT2D eigenvalue weighted by atomic mass is 16.1. The molecule has 0 amide bonds. The Hall–Kier alpha value is -0.550. The molecule has 1 heteroatoms. The van der Waals surface area contributed by atoms with Gasteiger partial charge in [0.2, 0.25) is 0 Å². The molecule has 4 heavy (non-hydrogen) atoms. The molecule has 0 spiro atoms. The summed E-state index contributed by atoms with van der Waals surface area (Å²) in [6.45, 7) is 2.68. The number of hydrogen-bond acceptors (Lipinski definition) is 1. The van der Waals surface area contributed by atoms with Crippen LogP contribution in [-0.2, 0) is 4.79 Å². The van der Waals surface area contributed by atoms with Gasteiger partial charge in [0, 0.05) is 0 Å². The van der Waals surface area contributed by atoms with E-state index in [1.54, 1.807) is 0 Å². The number of rotatable bonds is 0. The van der Waals surface area contributed by atoms with Crippen molar-refractivity contribution in [2.24, 2.45) is 0 Å². The molecule has 0 N–H and O–H groups in total. The predicted molar refractivity (Wildman–Crippen MR) is 18.1 cm³/mol. The zero-order chi connectivity index (χ0) is 2.71. The van der Waals surface area contributed by atoms with E-state index in [9.17, 15) is 0 Å². The lowest BCUT2D eigenvalue weighted by molar-refractivity contribution is 0.569. The molecular formula is C3H6O. The van der Waals surface area contributed by atoms with Crippen LogP contribution in [0.1, 0.15) is 7.43 Å². The van der Waals surface area contributed by atoms with Crippen LogP contribution in [0, 0.1) is 0 Å². The molecule has 0 radical (unpaired) electrons. The van der Waals surface area contributed by atoms with E-state index in [2.05, 4.69) is 6.58 Å². The lowest BCUT2D eigenvalue weighted by atomic mass is 9.03. The molecule has 0 fully saturated rings. The summed E-state index contributed by atoms with van der Waals surface area (Å²) in [5.74, 6) is 1.25. The van der Waals surface area contributed by atoms with Crippen molar-refractivity contribution in [2.75, 3.05) is 0 Å². The van der Waals surface area contributed by atoms with Crippen LogP contribution in [0.15, 0.2) is 6.58 Å². The van der Waals surface area contributed by atoms with E-state index in [1.165, 1.54) is 5.94 Å². The van der Waals surface area contributed by atoms with Gasteiger partial charge in [0.15, 0.2) is 0 Å². The zero-order valence-corrected chi connectivity index (χ0v) is 1.62. The summed E-state index contributed by atoms with van der Waals surface area (Å²) in [6.07, 6.45) is 0. The number of hydrogen-bond donors (Lipinski definition) is 0. The molecule has 0 aliphatic carbocycles. The highest BCUT2D eigenvalue weighted by Crippen LogP contribution is 0.894. The molecule has 0 aromatic rings. The Kier molecular flexibility index (Phi) is 62.6. The fourth-order valence-electron chi connectivity index (χ4n) is 0. The Morgan fingerprint density at radius 3 is 1.75 bits per heavy atom. The van der Waals surface area contributed by atoms with Crippen molar-refractivity contribution in [1.82, 2.24) is 0 Å². The molecule has 0 aliphatic heterocycles.